The van der Waals surface area contributed by atoms with Gasteiger partial charge in [-0.15, -0.1) is 11.8 Å². The summed E-state index contributed by atoms with van der Waals surface area (Å²) in [7, 11) is 1.50. The second kappa shape index (κ2) is 6.92. The maximum absolute atomic E-state index is 12.3. The zero-order valence-corrected chi connectivity index (χ0v) is 15.5. The van der Waals surface area contributed by atoms with Gasteiger partial charge in [-0.25, -0.2) is 9.97 Å². The van der Waals surface area contributed by atoms with Crippen LogP contribution in [0.3, 0.4) is 0 Å². The maximum atomic E-state index is 12.3. The topological polar surface area (TPSA) is 102 Å². The van der Waals surface area contributed by atoms with Crippen LogP contribution in [0.5, 0.6) is 11.5 Å². The number of phenolic OH excluding ortho intramolecular Hbond substituents is 1. The van der Waals surface area contributed by atoms with Crippen molar-refractivity contribution in [3.63, 3.8) is 0 Å². The van der Waals surface area contributed by atoms with E-state index in [2.05, 4.69) is 20.4 Å². The van der Waals surface area contributed by atoms with E-state index in [1.165, 1.54) is 18.9 Å². The molecule has 0 radical (unpaired) electrons. The van der Waals surface area contributed by atoms with Crippen LogP contribution in [0.2, 0.25) is 0 Å². The number of thioether (sulfide) groups is 1. The molecular formula is C18H17N5O3S. The van der Waals surface area contributed by atoms with Crippen molar-refractivity contribution in [1.82, 2.24) is 19.7 Å². The molecule has 0 saturated heterocycles. The Balaban J connectivity index is 1.87. The number of aromatic nitrogens is 4. The summed E-state index contributed by atoms with van der Waals surface area (Å²) < 4.78 is 6.67. The van der Waals surface area contributed by atoms with E-state index in [0.29, 0.717) is 17.5 Å². The predicted molar refractivity (Wildman–Crippen MR) is 101 cm³/mol. The Labute approximate surface area is 159 Å². The molecule has 3 aromatic rings. The van der Waals surface area contributed by atoms with Gasteiger partial charge in [0.05, 0.1) is 23.8 Å². The molecule has 1 aliphatic rings. The van der Waals surface area contributed by atoms with Crippen LogP contribution in [0.4, 0.5) is 5.82 Å². The number of aromatic hydroxyl groups is 1. The first-order valence-corrected chi connectivity index (χ1v) is 9.28. The molecule has 3 heterocycles. The van der Waals surface area contributed by atoms with Gasteiger partial charge in [0.2, 0.25) is 5.91 Å². The van der Waals surface area contributed by atoms with Gasteiger partial charge in [-0.2, -0.15) is 9.78 Å². The number of anilines is 1. The number of carbonyl (C=O) groups is 1. The highest BCUT2D eigenvalue weighted by Gasteiger charge is 2.31. The van der Waals surface area contributed by atoms with Gasteiger partial charge in [-0.3, -0.25) is 4.79 Å². The van der Waals surface area contributed by atoms with Crippen molar-refractivity contribution in [2.45, 2.75) is 12.2 Å². The number of hydrogen-bond acceptors (Lipinski definition) is 7. The third-order valence-corrected chi connectivity index (χ3v) is 5.53. The third-order valence-electron chi connectivity index (χ3n) is 4.26. The summed E-state index contributed by atoms with van der Waals surface area (Å²) in [6.07, 6.45) is 3.25. The van der Waals surface area contributed by atoms with Crippen LogP contribution in [-0.2, 0) is 4.79 Å². The average Bonchev–Trinajstić information content (AvgIpc) is 2.88. The molecule has 0 saturated carbocycles. The van der Waals surface area contributed by atoms with E-state index in [0.717, 1.165) is 16.8 Å². The number of nitrogens with zero attached hydrogens (tertiary/aromatic N) is 4. The van der Waals surface area contributed by atoms with Crippen molar-refractivity contribution in [1.29, 1.82) is 0 Å². The summed E-state index contributed by atoms with van der Waals surface area (Å²) in [6, 6.07) is 6.97. The number of carbonyl (C=O) groups excluding carboxylic acids is 1. The van der Waals surface area contributed by atoms with E-state index < -0.39 is 0 Å². The largest absolute Gasteiger partial charge is 0.504 e. The van der Waals surface area contributed by atoms with E-state index in [1.807, 2.05) is 13.0 Å². The van der Waals surface area contributed by atoms with E-state index in [9.17, 15) is 9.90 Å². The van der Waals surface area contributed by atoms with Crippen molar-refractivity contribution >= 4 is 23.5 Å². The Morgan fingerprint density at radius 3 is 2.81 bits per heavy atom. The summed E-state index contributed by atoms with van der Waals surface area (Å²) >= 11 is 1.47. The first-order valence-electron chi connectivity index (χ1n) is 8.23. The minimum atomic E-state index is -0.187. The molecule has 0 spiro atoms. The van der Waals surface area contributed by atoms with Crippen LogP contribution < -0.4 is 10.1 Å². The molecular weight excluding hydrogens is 366 g/mol. The van der Waals surface area contributed by atoms with Gasteiger partial charge in [0.15, 0.2) is 11.5 Å². The standard InChI is InChI=1S/C18H17N5O3S/c1-10-15-16(11-4-5-13(26-2)12(24)8-11)27-9-14(25)21-17(15)23(22-10)18-19-6-3-7-20-18/h3-8,16,24H,9H2,1-2H3,(H,21,25). The van der Waals surface area contributed by atoms with E-state index in [-0.39, 0.29) is 22.7 Å². The highest BCUT2D eigenvalue weighted by atomic mass is 32.2. The average molecular weight is 383 g/mol. The molecule has 27 heavy (non-hydrogen) atoms. The normalized spacial score (nSPS) is 16.4. The van der Waals surface area contributed by atoms with Crippen LogP contribution in [0.25, 0.3) is 5.95 Å². The van der Waals surface area contributed by atoms with Gasteiger partial charge in [0.25, 0.3) is 5.95 Å². The van der Waals surface area contributed by atoms with Gasteiger partial charge in [-0.1, -0.05) is 6.07 Å². The lowest BCUT2D eigenvalue weighted by Crippen LogP contribution is -2.16. The maximum Gasteiger partial charge on any atom is 0.252 e. The number of hydrogen-bond donors (Lipinski definition) is 2. The van der Waals surface area contributed by atoms with E-state index in [1.54, 1.807) is 35.3 Å². The van der Waals surface area contributed by atoms with Crippen molar-refractivity contribution < 1.29 is 14.6 Å². The summed E-state index contributed by atoms with van der Waals surface area (Å²) in [6.45, 7) is 1.88. The van der Waals surface area contributed by atoms with Crippen LogP contribution >= 0.6 is 11.8 Å². The minimum Gasteiger partial charge on any atom is -0.504 e. The number of nitrogens with one attached hydrogen (secondary N) is 1. The lowest BCUT2D eigenvalue weighted by Gasteiger charge is -2.16. The van der Waals surface area contributed by atoms with Crippen molar-refractivity contribution in [2.24, 2.45) is 0 Å². The molecule has 0 fully saturated rings. The Morgan fingerprint density at radius 1 is 1.33 bits per heavy atom. The molecule has 8 nitrogen and oxygen atoms in total. The number of aryl methyl sites for hydroxylation is 1. The summed E-state index contributed by atoms with van der Waals surface area (Å²) in [4.78, 5) is 20.8. The molecule has 0 bridgehead atoms. The molecule has 1 aromatic carbocycles. The number of phenols is 1. The smallest absolute Gasteiger partial charge is 0.252 e. The van der Waals surface area contributed by atoms with Crippen molar-refractivity contribution in [2.75, 3.05) is 18.2 Å². The van der Waals surface area contributed by atoms with Crippen LogP contribution in [0.15, 0.2) is 36.7 Å². The molecule has 0 aliphatic carbocycles. The van der Waals surface area contributed by atoms with E-state index >= 15 is 0 Å². The summed E-state index contributed by atoms with van der Waals surface area (Å²) in [5, 5.41) is 17.5. The predicted octanol–water partition coefficient (Wildman–Crippen LogP) is 2.46. The van der Waals surface area contributed by atoms with Gasteiger partial charge in [0.1, 0.15) is 5.82 Å². The van der Waals surface area contributed by atoms with Gasteiger partial charge >= 0.3 is 0 Å². The third kappa shape index (κ3) is 3.10. The van der Waals surface area contributed by atoms with Crippen LogP contribution in [-0.4, -0.2) is 43.6 Å². The zero-order chi connectivity index (χ0) is 19.0. The highest BCUT2D eigenvalue weighted by Crippen LogP contribution is 2.45. The fraction of sp³-hybridized carbons (Fsp3) is 0.222. The number of rotatable bonds is 3. The molecule has 4 rings (SSSR count). The zero-order valence-electron chi connectivity index (χ0n) is 14.7. The second-order valence-corrected chi connectivity index (χ2v) is 7.07. The Morgan fingerprint density at radius 2 is 2.11 bits per heavy atom. The summed E-state index contributed by atoms with van der Waals surface area (Å²) in [5.74, 6) is 1.54. The molecule has 1 atom stereocenters. The molecule has 2 aromatic heterocycles. The number of methoxy groups -OCH3 is 1. The van der Waals surface area contributed by atoms with Gasteiger partial charge in [-0.05, 0) is 30.7 Å². The fourth-order valence-electron chi connectivity index (χ4n) is 3.06. The molecule has 138 valence electrons. The van der Waals surface area contributed by atoms with Crippen molar-refractivity contribution in [3.05, 3.63) is 53.5 Å². The highest BCUT2D eigenvalue weighted by molar-refractivity contribution is 8.00. The van der Waals surface area contributed by atoms with Gasteiger partial charge < -0.3 is 15.2 Å². The fourth-order valence-corrected chi connectivity index (χ4v) is 4.24. The Bertz CT molecular complexity index is 1010. The summed E-state index contributed by atoms with van der Waals surface area (Å²) in [5.41, 5.74) is 2.48. The van der Waals surface area contributed by atoms with Gasteiger partial charge in [0, 0.05) is 18.0 Å². The monoisotopic (exact) mass is 383 g/mol. The molecule has 2 N–H and O–H groups in total. The lowest BCUT2D eigenvalue weighted by molar-refractivity contribution is -0.113. The number of amides is 1. The lowest BCUT2D eigenvalue weighted by atomic mass is 10.0. The van der Waals surface area contributed by atoms with Crippen LogP contribution in [0, 0.1) is 6.92 Å². The second-order valence-electron chi connectivity index (χ2n) is 5.98. The number of ether oxygens (including phenoxy) is 1. The minimum absolute atomic E-state index is 0.0529. The van der Waals surface area contributed by atoms with E-state index in [4.69, 9.17) is 4.74 Å². The first kappa shape index (κ1) is 17.3. The SMILES string of the molecule is COc1ccc(C2SCC(=O)Nc3c2c(C)nn3-c2ncccn2)cc1O. The molecule has 1 aliphatic heterocycles. The molecule has 1 unspecified atom stereocenters. The number of benzene rings is 1. The van der Waals surface area contributed by atoms with Crippen LogP contribution in [0.1, 0.15) is 22.1 Å². The molecule has 1 amide bonds. The number of fused-ring (bicyclic) bond motifs is 1. The Hall–Kier alpha value is -3.07. The van der Waals surface area contributed by atoms with Crippen molar-refractivity contribution in [3.8, 4) is 17.4 Å². The first-order chi connectivity index (χ1) is 13.1. The quantitative estimate of drug-likeness (QED) is 0.716. The molecule has 9 heteroatoms. The Kier molecular flexibility index (Phi) is 4.44.